The van der Waals surface area contributed by atoms with Gasteiger partial charge in [0, 0.05) is 0 Å². The number of hydrogen-bond acceptors (Lipinski definition) is 0. The van der Waals surface area contributed by atoms with Crippen molar-refractivity contribution in [2.24, 2.45) is 23.2 Å². The van der Waals surface area contributed by atoms with E-state index in [1.54, 1.807) is 0 Å². The lowest BCUT2D eigenvalue weighted by atomic mass is 9.78. The van der Waals surface area contributed by atoms with E-state index in [1.165, 1.54) is 25.7 Å². The minimum atomic E-state index is 0.493. The average Bonchev–Trinajstić information content (AvgIpc) is 2.00. The van der Waals surface area contributed by atoms with Gasteiger partial charge in [-0.15, -0.1) is 0 Å². The van der Waals surface area contributed by atoms with E-state index >= 15 is 0 Å². The smallest absolute Gasteiger partial charge is 0.0380 e. The van der Waals surface area contributed by atoms with E-state index in [2.05, 4.69) is 48.5 Å². The summed E-state index contributed by atoms with van der Waals surface area (Å²) in [7, 11) is 0. The highest BCUT2D eigenvalue weighted by molar-refractivity contribution is 4.70. The molecule has 0 rings (SSSR count). The molecule has 0 saturated heterocycles. The van der Waals surface area contributed by atoms with Gasteiger partial charge < -0.3 is 0 Å². The van der Waals surface area contributed by atoms with Gasteiger partial charge in [-0.25, -0.2) is 0 Å². The quantitative estimate of drug-likeness (QED) is 0.543. The second kappa shape index (κ2) is 6.55. The molecule has 0 aliphatic carbocycles. The Morgan fingerprint density at radius 1 is 0.933 bits per heavy atom. The maximum Gasteiger partial charge on any atom is -0.0380 e. The van der Waals surface area contributed by atoms with Crippen molar-refractivity contribution in [3.8, 4) is 0 Å². The van der Waals surface area contributed by atoms with Gasteiger partial charge in [0.15, 0.2) is 0 Å². The molecule has 0 aliphatic rings. The van der Waals surface area contributed by atoms with E-state index in [1.807, 2.05) is 0 Å². The second-order valence-electron chi connectivity index (χ2n) is 6.85. The highest BCUT2D eigenvalue weighted by atomic mass is 14.2. The SMILES string of the molecule is CCCC(C)C(C)CC(C)CC(C)(C)C. The molecule has 0 amide bonds. The summed E-state index contributed by atoms with van der Waals surface area (Å²) in [4.78, 5) is 0. The molecular formula is C15H32. The fourth-order valence-corrected chi connectivity index (χ4v) is 2.74. The van der Waals surface area contributed by atoms with Gasteiger partial charge in [-0.05, 0) is 36.0 Å². The molecule has 0 aromatic heterocycles. The third-order valence-electron chi connectivity index (χ3n) is 3.45. The van der Waals surface area contributed by atoms with Crippen LogP contribution in [0.25, 0.3) is 0 Å². The van der Waals surface area contributed by atoms with Gasteiger partial charge in [0.25, 0.3) is 0 Å². The second-order valence-corrected chi connectivity index (χ2v) is 6.85. The van der Waals surface area contributed by atoms with Crippen LogP contribution in [0.15, 0.2) is 0 Å². The monoisotopic (exact) mass is 212 g/mol. The van der Waals surface area contributed by atoms with Crippen LogP contribution in [0.5, 0.6) is 0 Å². The minimum absolute atomic E-state index is 0.493. The van der Waals surface area contributed by atoms with Crippen LogP contribution in [-0.4, -0.2) is 0 Å². The molecule has 92 valence electrons. The summed E-state index contributed by atoms with van der Waals surface area (Å²) >= 11 is 0. The van der Waals surface area contributed by atoms with Gasteiger partial charge in [0.1, 0.15) is 0 Å². The largest absolute Gasteiger partial charge is 0.0654 e. The standard InChI is InChI=1S/C15H32/c1-8-9-13(3)14(4)10-12(2)11-15(5,6)7/h12-14H,8-11H2,1-7H3. The molecular weight excluding hydrogens is 180 g/mol. The Balaban J connectivity index is 3.90. The zero-order valence-electron chi connectivity index (χ0n) is 12.1. The van der Waals surface area contributed by atoms with Gasteiger partial charge in [0.2, 0.25) is 0 Å². The highest BCUT2D eigenvalue weighted by Gasteiger charge is 2.19. The van der Waals surface area contributed by atoms with E-state index in [9.17, 15) is 0 Å². The summed E-state index contributed by atoms with van der Waals surface area (Å²) in [6.45, 7) is 16.6. The Morgan fingerprint density at radius 2 is 1.47 bits per heavy atom. The fraction of sp³-hybridized carbons (Fsp3) is 1.00. The first-order chi connectivity index (χ1) is 6.76. The maximum absolute atomic E-state index is 2.43. The van der Waals surface area contributed by atoms with Crippen molar-refractivity contribution in [3.63, 3.8) is 0 Å². The first-order valence-electron chi connectivity index (χ1n) is 6.76. The molecule has 0 heterocycles. The maximum atomic E-state index is 2.43. The van der Waals surface area contributed by atoms with Crippen molar-refractivity contribution in [2.45, 2.75) is 74.1 Å². The van der Waals surface area contributed by atoms with E-state index < -0.39 is 0 Å². The summed E-state index contributed by atoms with van der Waals surface area (Å²) in [5.41, 5.74) is 0.493. The minimum Gasteiger partial charge on any atom is -0.0654 e. The van der Waals surface area contributed by atoms with Gasteiger partial charge in [-0.1, -0.05) is 61.3 Å². The van der Waals surface area contributed by atoms with Crippen LogP contribution in [0.4, 0.5) is 0 Å². The lowest BCUT2D eigenvalue weighted by molar-refractivity contribution is 0.238. The Labute approximate surface area is 97.8 Å². The Hall–Kier alpha value is 0. The molecule has 0 fully saturated rings. The topological polar surface area (TPSA) is 0 Å². The zero-order valence-corrected chi connectivity index (χ0v) is 12.1. The summed E-state index contributed by atoms with van der Waals surface area (Å²) in [6.07, 6.45) is 5.48. The predicted molar refractivity (Wildman–Crippen MR) is 71.1 cm³/mol. The van der Waals surface area contributed by atoms with E-state index in [-0.39, 0.29) is 0 Å². The van der Waals surface area contributed by atoms with E-state index in [0.29, 0.717) is 5.41 Å². The van der Waals surface area contributed by atoms with E-state index in [0.717, 1.165) is 17.8 Å². The Kier molecular flexibility index (Phi) is 6.55. The molecule has 0 saturated carbocycles. The molecule has 0 aromatic carbocycles. The summed E-state index contributed by atoms with van der Waals surface area (Å²) < 4.78 is 0. The number of rotatable bonds is 6. The van der Waals surface area contributed by atoms with Crippen LogP contribution in [0.3, 0.4) is 0 Å². The van der Waals surface area contributed by atoms with Crippen LogP contribution in [0, 0.1) is 23.2 Å². The molecule has 0 bridgehead atoms. The lowest BCUT2D eigenvalue weighted by Crippen LogP contribution is -2.16. The van der Waals surface area contributed by atoms with Gasteiger partial charge in [-0.3, -0.25) is 0 Å². The Bertz CT molecular complexity index is 152. The summed E-state index contributed by atoms with van der Waals surface area (Å²) in [6, 6.07) is 0. The van der Waals surface area contributed by atoms with Gasteiger partial charge in [-0.2, -0.15) is 0 Å². The predicted octanol–water partition coefficient (Wildman–Crippen LogP) is 5.52. The Morgan fingerprint density at radius 3 is 1.87 bits per heavy atom. The highest BCUT2D eigenvalue weighted by Crippen LogP contribution is 2.31. The molecule has 0 spiro atoms. The van der Waals surface area contributed by atoms with E-state index in [4.69, 9.17) is 0 Å². The van der Waals surface area contributed by atoms with Crippen molar-refractivity contribution in [1.29, 1.82) is 0 Å². The van der Waals surface area contributed by atoms with Gasteiger partial charge >= 0.3 is 0 Å². The van der Waals surface area contributed by atoms with Crippen molar-refractivity contribution < 1.29 is 0 Å². The molecule has 3 atom stereocenters. The molecule has 0 N–H and O–H groups in total. The van der Waals surface area contributed by atoms with Crippen LogP contribution >= 0.6 is 0 Å². The first kappa shape index (κ1) is 15.0. The molecule has 0 aromatic rings. The van der Waals surface area contributed by atoms with Crippen LogP contribution in [0.2, 0.25) is 0 Å². The molecule has 3 unspecified atom stereocenters. The van der Waals surface area contributed by atoms with Crippen molar-refractivity contribution in [2.75, 3.05) is 0 Å². The molecule has 0 radical (unpaired) electrons. The molecule has 0 nitrogen and oxygen atoms in total. The van der Waals surface area contributed by atoms with Crippen LogP contribution in [0.1, 0.15) is 74.1 Å². The third-order valence-corrected chi connectivity index (χ3v) is 3.45. The van der Waals surface area contributed by atoms with Crippen LogP contribution < -0.4 is 0 Å². The molecule has 0 aliphatic heterocycles. The zero-order chi connectivity index (χ0) is 12.1. The fourth-order valence-electron chi connectivity index (χ4n) is 2.74. The van der Waals surface area contributed by atoms with Crippen LogP contribution in [-0.2, 0) is 0 Å². The summed E-state index contributed by atoms with van der Waals surface area (Å²) in [5, 5.41) is 0. The normalized spacial score (nSPS) is 18.6. The summed E-state index contributed by atoms with van der Waals surface area (Å²) in [5.74, 6) is 2.67. The number of hydrogen-bond donors (Lipinski definition) is 0. The first-order valence-corrected chi connectivity index (χ1v) is 6.76. The van der Waals surface area contributed by atoms with Crippen molar-refractivity contribution in [1.82, 2.24) is 0 Å². The molecule has 0 heteroatoms. The van der Waals surface area contributed by atoms with Gasteiger partial charge in [0.05, 0.1) is 0 Å². The lowest BCUT2D eigenvalue weighted by Gasteiger charge is -2.27. The van der Waals surface area contributed by atoms with Crippen molar-refractivity contribution in [3.05, 3.63) is 0 Å². The average molecular weight is 212 g/mol. The van der Waals surface area contributed by atoms with Crippen molar-refractivity contribution >= 4 is 0 Å². The molecule has 15 heavy (non-hydrogen) atoms. The third kappa shape index (κ3) is 7.88.